The van der Waals surface area contributed by atoms with Gasteiger partial charge in [-0.25, -0.2) is 0 Å². The quantitative estimate of drug-likeness (QED) is 0.348. The fraction of sp³-hybridized carbons (Fsp3) is 0.750. The van der Waals surface area contributed by atoms with E-state index in [4.69, 9.17) is 5.11 Å². The average Bonchev–Trinajstić information content (AvgIpc) is 2.93. The first-order chi connectivity index (χ1) is 10.7. The fourth-order valence-electron chi connectivity index (χ4n) is 3.33. The molecule has 0 saturated heterocycles. The van der Waals surface area contributed by atoms with Gasteiger partial charge in [-0.05, 0) is 56.8 Å². The second-order valence-electron chi connectivity index (χ2n) is 6.63. The van der Waals surface area contributed by atoms with Crippen LogP contribution in [0, 0.1) is 11.8 Å². The maximum atomic E-state index is 10.4. The fourth-order valence-corrected chi connectivity index (χ4v) is 3.33. The van der Waals surface area contributed by atoms with Crippen LogP contribution in [0.5, 0.6) is 0 Å². The molecule has 0 aromatic heterocycles. The first-order valence-electron chi connectivity index (χ1n) is 9.27. The third-order valence-electron chi connectivity index (χ3n) is 4.69. The number of carboxylic acids is 1. The Morgan fingerprint density at radius 3 is 2.64 bits per heavy atom. The highest BCUT2D eigenvalue weighted by atomic mass is 16.4. The van der Waals surface area contributed by atoms with Crippen molar-refractivity contribution < 1.29 is 9.90 Å². The van der Waals surface area contributed by atoms with Crippen LogP contribution in [0.1, 0.15) is 84.0 Å². The zero-order chi connectivity index (χ0) is 16.0. The lowest BCUT2D eigenvalue weighted by Gasteiger charge is -2.14. The summed E-state index contributed by atoms with van der Waals surface area (Å²) >= 11 is 0. The Balaban J connectivity index is 2.15. The number of rotatable bonds is 12. The van der Waals surface area contributed by atoms with Crippen molar-refractivity contribution >= 4 is 5.97 Å². The van der Waals surface area contributed by atoms with E-state index in [-0.39, 0.29) is 6.42 Å². The van der Waals surface area contributed by atoms with Crippen molar-refractivity contribution in [3.8, 4) is 0 Å². The predicted molar refractivity (Wildman–Crippen MR) is 94.0 cm³/mol. The summed E-state index contributed by atoms with van der Waals surface area (Å²) in [6.07, 6.45) is 23.1. The van der Waals surface area contributed by atoms with Gasteiger partial charge in [0.1, 0.15) is 0 Å². The van der Waals surface area contributed by atoms with Crippen LogP contribution in [0.3, 0.4) is 0 Å². The lowest BCUT2D eigenvalue weighted by molar-refractivity contribution is -0.137. The Bertz CT molecular complexity index is 344. The normalized spacial score (nSPS) is 22.0. The van der Waals surface area contributed by atoms with Crippen LogP contribution in [0.2, 0.25) is 0 Å². The molecule has 0 aromatic carbocycles. The second kappa shape index (κ2) is 12.5. The Labute approximate surface area is 136 Å². The van der Waals surface area contributed by atoms with Crippen LogP contribution in [0.25, 0.3) is 0 Å². The van der Waals surface area contributed by atoms with Crippen LogP contribution in [0.15, 0.2) is 24.3 Å². The van der Waals surface area contributed by atoms with Gasteiger partial charge in [0.05, 0.1) is 0 Å². The topological polar surface area (TPSA) is 37.3 Å². The maximum Gasteiger partial charge on any atom is 0.303 e. The van der Waals surface area contributed by atoms with Crippen LogP contribution in [-0.2, 0) is 4.79 Å². The largest absolute Gasteiger partial charge is 0.481 e. The highest BCUT2D eigenvalue weighted by Crippen LogP contribution is 2.35. The Hall–Kier alpha value is -1.05. The average molecular weight is 306 g/mol. The summed E-state index contributed by atoms with van der Waals surface area (Å²) in [6, 6.07) is 0. The van der Waals surface area contributed by atoms with E-state index in [1.165, 1.54) is 51.4 Å². The highest BCUT2D eigenvalue weighted by Gasteiger charge is 2.23. The number of aliphatic carboxylic acids is 1. The minimum atomic E-state index is -0.687. The van der Waals surface area contributed by atoms with Gasteiger partial charge in [0, 0.05) is 6.42 Å². The molecule has 1 saturated carbocycles. The van der Waals surface area contributed by atoms with Crippen LogP contribution in [0.4, 0.5) is 0 Å². The number of hydrogen-bond donors (Lipinski definition) is 1. The van der Waals surface area contributed by atoms with Gasteiger partial charge in [0.25, 0.3) is 0 Å². The van der Waals surface area contributed by atoms with Gasteiger partial charge in [0.15, 0.2) is 0 Å². The Morgan fingerprint density at radius 1 is 1.05 bits per heavy atom. The molecule has 1 N–H and O–H groups in total. The lowest BCUT2D eigenvalue weighted by atomic mass is 9.92. The zero-order valence-electron chi connectivity index (χ0n) is 14.3. The van der Waals surface area contributed by atoms with Crippen molar-refractivity contribution in [3.05, 3.63) is 24.3 Å². The summed E-state index contributed by atoms with van der Waals surface area (Å²) < 4.78 is 0. The molecule has 126 valence electrons. The van der Waals surface area contributed by atoms with Crippen molar-refractivity contribution in [1.29, 1.82) is 0 Å². The third-order valence-corrected chi connectivity index (χ3v) is 4.69. The van der Waals surface area contributed by atoms with Gasteiger partial charge >= 0.3 is 5.97 Å². The van der Waals surface area contributed by atoms with Gasteiger partial charge in [-0.3, -0.25) is 4.79 Å². The van der Waals surface area contributed by atoms with Crippen molar-refractivity contribution in [3.63, 3.8) is 0 Å². The number of carbonyl (C=O) groups is 1. The van der Waals surface area contributed by atoms with Crippen LogP contribution >= 0.6 is 0 Å². The first kappa shape index (κ1) is 19.0. The van der Waals surface area contributed by atoms with E-state index in [0.717, 1.165) is 31.1 Å². The maximum absolute atomic E-state index is 10.4. The second-order valence-corrected chi connectivity index (χ2v) is 6.63. The highest BCUT2D eigenvalue weighted by molar-refractivity contribution is 5.66. The van der Waals surface area contributed by atoms with Gasteiger partial charge in [0.2, 0.25) is 0 Å². The first-order valence-corrected chi connectivity index (χ1v) is 9.27. The summed E-state index contributed by atoms with van der Waals surface area (Å²) in [5.74, 6) is 0.894. The molecule has 1 aliphatic rings. The van der Waals surface area contributed by atoms with Gasteiger partial charge in [-0.2, -0.15) is 0 Å². The number of unbranched alkanes of at least 4 members (excludes halogenated alkanes) is 5. The number of carboxylic acid groups (broad SMARTS) is 1. The third kappa shape index (κ3) is 9.07. The van der Waals surface area contributed by atoms with E-state index in [9.17, 15) is 4.79 Å². The number of allylic oxidation sites excluding steroid dienone is 4. The van der Waals surface area contributed by atoms with Crippen molar-refractivity contribution in [2.75, 3.05) is 0 Å². The molecule has 0 unspecified atom stereocenters. The van der Waals surface area contributed by atoms with E-state index in [1.54, 1.807) is 0 Å². The summed E-state index contributed by atoms with van der Waals surface area (Å²) in [6.45, 7) is 2.26. The van der Waals surface area contributed by atoms with Crippen molar-refractivity contribution in [1.82, 2.24) is 0 Å². The molecule has 0 heterocycles. The van der Waals surface area contributed by atoms with E-state index >= 15 is 0 Å². The molecule has 1 rings (SSSR count). The number of hydrogen-bond acceptors (Lipinski definition) is 1. The van der Waals surface area contributed by atoms with Gasteiger partial charge in [-0.15, -0.1) is 0 Å². The molecular weight excluding hydrogens is 272 g/mol. The van der Waals surface area contributed by atoms with Gasteiger partial charge < -0.3 is 5.11 Å². The molecule has 2 heteroatoms. The molecule has 2 atom stereocenters. The molecule has 1 aliphatic carbocycles. The SMILES string of the molecule is CCCCCC/C=C/[C@H]1CCC[C@@H]1C/C=C/CCCC(=O)O. The van der Waals surface area contributed by atoms with E-state index in [0.29, 0.717) is 0 Å². The molecule has 0 aromatic rings. The van der Waals surface area contributed by atoms with Crippen molar-refractivity contribution in [2.24, 2.45) is 11.8 Å². The molecule has 0 radical (unpaired) electrons. The molecule has 0 bridgehead atoms. The molecule has 0 aliphatic heterocycles. The molecular formula is C20H34O2. The standard InChI is InChI=1S/C20H34O2/c1-2-3-4-5-6-9-13-18-15-12-16-19(18)14-10-7-8-11-17-20(21)22/h7,9-10,13,18-19H,2-6,8,11-12,14-17H2,1H3,(H,21,22)/b10-7+,13-9+/t18-,19-/m0/s1. The van der Waals surface area contributed by atoms with Crippen LogP contribution in [-0.4, -0.2) is 11.1 Å². The van der Waals surface area contributed by atoms with E-state index in [1.807, 2.05) is 0 Å². The Morgan fingerprint density at radius 2 is 1.86 bits per heavy atom. The molecule has 1 fully saturated rings. The van der Waals surface area contributed by atoms with E-state index < -0.39 is 5.97 Å². The Kier molecular flexibility index (Phi) is 10.8. The summed E-state index contributed by atoms with van der Waals surface area (Å²) in [5.41, 5.74) is 0. The van der Waals surface area contributed by atoms with E-state index in [2.05, 4.69) is 31.2 Å². The zero-order valence-corrected chi connectivity index (χ0v) is 14.3. The molecule has 2 nitrogen and oxygen atoms in total. The van der Waals surface area contributed by atoms with Gasteiger partial charge in [-0.1, -0.05) is 56.9 Å². The summed E-state index contributed by atoms with van der Waals surface area (Å²) in [5, 5.41) is 8.60. The summed E-state index contributed by atoms with van der Waals surface area (Å²) in [7, 11) is 0. The lowest BCUT2D eigenvalue weighted by Crippen LogP contribution is -2.03. The molecule has 0 amide bonds. The predicted octanol–water partition coefficient (Wildman–Crippen LogP) is 6.13. The van der Waals surface area contributed by atoms with Crippen LogP contribution < -0.4 is 0 Å². The van der Waals surface area contributed by atoms with Crippen molar-refractivity contribution in [2.45, 2.75) is 84.0 Å². The monoisotopic (exact) mass is 306 g/mol. The smallest absolute Gasteiger partial charge is 0.303 e. The minimum Gasteiger partial charge on any atom is -0.481 e. The molecule has 22 heavy (non-hydrogen) atoms. The summed E-state index contributed by atoms with van der Waals surface area (Å²) in [4.78, 5) is 10.4. The molecule has 0 spiro atoms. The minimum absolute atomic E-state index is 0.289.